The zero-order chi connectivity index (χ0) is 31.9. The highest BCUT2D eigenvalue weighted by Gasteiger charge is 2.33. The molecule has 0 saturated heterocycles. The molecule has 0 radical (unpaired) electrons. The summed E-state index contributed by atoms with van der Waals surface area (Å²) >= 11 is 1.29. The molecule has 4 aromatic rings. The number of methoxy groups -OCH3 is 1. The van der Waals surface area contributed by atoms with Gasteiger partial charge in [-0.05, 0) is 85.4 Å². The number of nitrogens with zero attached hydrogens (tertiary/aromatic N) is 2. The number of carbonyl (C=O) groups excluding carboxylic acids is 1. The van der Waals surface area contributed by atoms with Crippen LogP contribution in [0.25, 0.3) is 6.08 Å². The van der Waals surface area contributed by atoms with Gasteiger partial charge in [-0.15, -0.1) is 0 Å². The normalized spacial score (nSPS) is 15.2. The maximum absolute atomic E-state index is 13.8. The second kappa shape index (κ2) is 14.4. The van der Waals surface area contributed by atoms with Gasteiger partial charge in [-0.3, -0.25) is 9.36 Å². The largest absolute Gasteiger partial charge is 0.497 e. The fourth-order valence-electron chi connectivity index (χ4n) is 5.15. The smallest absolute Gasteiger partial charge is 0.338 e. The van der Waals surface area contributed by atoms with Gasteiger partial charge in [0, 0.05) is 0 Å². The van der Waals surface area contributed by atoms with Gasteiger partial charge in [0.05, 0.1) is 35.6 Å². The fourth-order valence-corrected chi connectivity index (χ4v) is 6.20. The van der Waals surface area contributed by atoms with E-state index in [0.29, 0.717) is 51.2 Å². The van der Waals surface area contributed by atoms with E-state index >= 15 is 0 Å². The molecular weight excluding hydrogens is 588 g/mol. The van der Waals surface area contributed by atoms with E-state index in [-0.39, 0.29) is 12.2 Å². The molecule has 9 heteroatoms. The van der Waals surface area contributed by atoms with Crippen LogP contribution < -0.4 is 29.1 Å². The molecule has 2 heterocycles. The molecule has 0 spiro atoms. The van der Waals surface area contributed by atoms with Crippen molar-refractivity contribution in [2.75, 3.05) is 26.9 Å². The Morgan fingerprint density at radius 3 is 2.11 bits per heavy atom. The number of thiazole rings is 1. The summed E-state index contributed by atoms with van der Waals surface area (Å²) in [5.41, 5.74) is 3.54. The van der Waals surface area contributed by atoms with Crippen LogP contribution in [0.5, 0.6) is 17.2 Å². The predicted molar refractivity (Wildman–Crippen MR) is 176 cm³/mol. The molecule has 2 atom stereocenters. The summed E-state index contributed by atoms with van der Waals surface area (Å²) in [6, 6.07) is 22.4. The quantitative estimate of drug-likeness (QED) is 0.146. The van der Waals surface area contributed by atoms with E-state index in [4.69, 9.17) is 18.9 Å². The lowest BCUT2D eigenvalue weighted by molar-refractivity contribution is -0.139. The summed E-state index contributed by atoms with van der Waals surface area (Å²) < 4.78 is 24.5. The van der Waals surface area contributed by atoms with E-state index in [1.165, 1.54) is 16.9 Å². The molecule has 1 aliphatic rings. The molecule has 45 heavy (non-hydrogen) atoms. The molecule has 1 aliphatic heterocycles. The number of hydrogen-bond acceptors (Lipinski definition) is 8. The molecular formula is C36H38N2O6S. The summed E-state index contributed by atoms with van der Waals surface area (Å²) in [6.45, 7) is 8.97. The highest BCUT2D eigenvalue weighted by molar-refractivity contribution is 7.07. The Bertz CT molecular complexity index is 1840. The number of benzene rings is 3. The first-order valence-electron chi connectivity index (χ1n) is 15.1. The maximum atomic E-state index is 13.8. The number of allylic oxidation sites excluding steroid dienone is 1. The van der Waals surface area contributed by atoms with Gasteiger partial charge in [-0.25, -0.2) is 9.79 Å². The number of esters is 1. The lowest BCUT2D eigenvalue weighted by atomic mass is 9.96. The van der Waals surface area contributed by atoms with E-state index in [1.54, 1.807) is 25.5 Å². The van der Waals surface area contributed by atoms with Gasteiger partial charge in [0.25, 0.3) is 5.56 Å². The number of fused-ring (bicyclic) bond motifs is 1. The molecule has 5 rings (SSSR count). The molecule has 0 saturated carbocycles. The van der Waals surface area contributed by atoms with Gasteiger partial charge < -0.3 is 18.9 Å². The highest BCUT2D eigenvalue weighted by Crippen LogP contribution is 2.31. The first-order chi connectivity index (χ1) is 21.8. The van der Waals surface area contributed by atoms with Gasteiger partial charge in [0.2, 0.25) is 0 Å². The van der Waals surface area contributed by atoms with E-state index < -0.39 is 12.0 Å². The van der Waals surface area contributed by atoms with Crippen LogP contribution >= 0.6 is 11.3 Å². The van der Waals surface area contributed by atoms with Gasteiger partial charge in [-0.1, -0.05) is 61.6 Å². The van der Waals surface area contributed by atoms with Crippen LogP contribution in [0.2, 0.25) is 0 Å². The molecule has 0 unspecified atom stereocenters. The van der Waals surface area contributed by atoms with Crippen molar-refractivity contribution in [2.45, 2.75) is 46.1 Å². The van der Waals surface area contributed by atoms with Crippen molar-refractivity contribution >= 4 is 23.4 Å². The Balaban J connectivity index is 1.32. The third-order valence-electron chi connectivity index (χ3n) is 7.81. The standard InChI is InChI=1S/C36H38N2O6S/c1-6-23(3)26-10-18-30(19-11-26)44-21-20-43-29-14-8-25(9-15-29)22-31-34(39)38-33(27-12-16-28(41-5)17-13-27)32(35(40)42-7-2)24(4)37-36(38)45-31/h8-19,22-23,33H,6-7,20-21H2,1-5H3/b31-22+/t23-,33-/m0/s1. The Morgan fingerprint density at radius 1 is 0.933 bits per heavy atom. The Morgan fingerprint density at radius 2 is 1.53 bits per heavy atom. The fraction of sp³-hybridized carbons (Fsp3) is 0.306. The van der Waals surface area contributed by atoms with Crippen molar-refractivity contribution in [1.82, 2.24) is 4.57 Å². The first-order valence-corrected chi connectivity index (χ1v) is 15.9. The summed E-state index contributed by atoms with van der Waals surface area (Å²) in [4.78, 5) is 32.1. The number of hydrogen-bond donors (Lipinski definition) is 0. The van der Waals surface area contributed by atoms with Crippen molar-refractivity contribution in [2.24, 2.45) is 4.99 Å². The van der Waals surface area contributed by atoms with Crippen LogP contribution in [0, 0.1) is 0 Å². The Labute approximate surface area is 266 Å². The maximum Gasteiger partial charge on any atom is 0.338 e. The second-order valence-electron chi connectivity index (χ2n) is 10.7. The molecule has 8 nitrogen and oxygen atoms in total. The SMILES string of the molecule is CCOC(=O)C1=C(C)N=c2s/c(=C/c3ccc(OCCOc4ccc([C@@H](C)CC)cc4)cc3)c(=O)n2[C@H]1c1ccc(OC)cc1. The van der Waals surface area contributed by atoms with Gasteiger partial charge in [0.15, 0.2) is 4.80 Å². The molecule has 0 fully saturated rings. The van der Waals surface area contributed by atoms with E-state index in [9.17, 15) is 9.59 Å². The zero-order valence-corrected chi connectivity index (χ0v) is 27.1. The minimum absolute atomic E-state index is 0.217. The van der Waals surface area contributed by atoms with E-state index in [1.807, 2.05) is 66.7 Å². The number of carbonyl (C=O) groups is 1. The monoisotopic (exact) mass is 626 g/mol. The molecule has 3 aromatic carbocycles. The second-order valence-corrected chi connectivity index (χ2v) is 11.7. The van der Waals surface area contributed by atoms with Crippen molar-refractivity contribution in [3.63, 3.8) is 0 Å². The van der Waals surface area contributed by atoms with Gasteiger partial charge in [-0.2, -0.15) is 0 Å². The van der Waals surface area contributed by atoms with Crippen LogP contribution in [0.15, 0.2) is 93.9 Å². The minimum atomic E-state index is -0.677. The summed E-state index contributed by atoms with van der Waals surface area (Å²) in [5, 5.41) is 0. The molecule has 0 amide bonds. The van der Waals surface area contributed by atoms with Crippen LogP contribution in [0.4, 0.5) is 0 Å². The lowest BCUT2D eigenvalue weighted by Crippen LogP contribution is -2.39. The average molecular weight is 627 g/mol. The van der Waals surface area contributed by atoms with Gasteiger partial charge >= 0.3 is 5.97 Å². The van der Waals surface area contributed by atoms with E-state index in [0.717, 1.165) is 23.3 Å². The minimum Gasteiger partial charge on any atom is -0.497 e. The van der Waals surface area contributed by atoms with Crippen LogP contribution in [0.1, 0.15) is 62.8 Å². The van der Waals surface area contributed by atoms with Crippen molar-refractivity contribution in [3.05, 3.63) is 120 Å². The summed E-state index contributed by atoms with van der Waals surface area (Å²) in [6.07, 6.45) is 2.93. The summed E-state index contributed by atoms with van der Waals surface area (Å²) in [5.74, 6) is 2.24. The third-order valence-corrected chi connectivity index (χ3v) is 8.79. The van der Waals surface area contributed by atoms with Gasteiger partial charge in [0.1, 0.15) is 30.5 Å². The number of rotatable bonds is 12. The lowest BCUT2D eigenvalue weighted by Gasteiger charge is -2.24. The van der Waals surface area contributed by atoms with Crippen molar-refractivity contribution < 1.29 is 23.7 Å². The average Bonchev–Trinajstić information content (AvgIpc) is 3.36. The Hall–Kier alpha value is -4.63. The predicted octanol–water partition coefficient (Wildman–Crippen LogP) is 5.78. The highest BCUT2D eigenvalue weighted by atomic mass is 32.1. The summed E-state index contributed by atoms with van der Waals surface area (Å²) in [7, 11) is 1.59. The van der Waals surface area contributed by atoms with Crippen LogP contribution in [-0.2, 0) is 9.53 Å². The van der Waals surface area contributed by atoms with Crippen molar-refractivity contribution in [1.29, 1.82) is 0 Å². The Kier molecular flexibility index (Phi) is 10.2. The molecule has 234 valence electrons. The molecule has 0 aliphatic carbocycles. The van der Waals surface area contributed by atoms with Crippen LogP contribution in [-0.4, -0.2) is 37.5 Å². The molecule has 0 bridgehead atoms. The zero-order valence-electron chi connectivity index (χ0n) is 26.2. The number of aromatic nitrogens is 1. The third kappa shape index (κ3) is 7.20. The molecule has 1 aromatic heterocycles. The first kappa shape index (κ1) is 31.8. The molecule has 0 N–H and O–H groups in total. The van der Waals surface area contributed by atoms with Crippen molar-refractivity contribution in [3.8, 4) is 17.2 Å². The topological polar surface area (TPSA) is 88.4 Å². The van der Waals surface area contributed by atoms with Crippen LogP contribution in [0.3, 0.4) is 0 Å². The number of ether oxygens (including phenoxy) is 4. The van der Waals surface area contributed by atoms with E-state index in [2.05, 4.69) is 31.0 Å².